The van der Waals surface area contributed by atoms with E-state index in [2.05, 4.69) is 0 Å². The van der Waals surface area contributed by atoms with E-state index in [-0.39, 0.29) is 6.16 Å². The van der Waals surface area contributed by atoms with Crippen LogP contribution in [0.4, 0.5) is 0 Å². The van der Waals surface area contributed by atoms with E-state index in [0.717, 1.165) is 17.5 Å². The van der Waals surface area contributed by atoms with Gasteiger partial charge >= 0.3 is 7.60 Å². The molecule has 0 heterocycles. The number of benzene rings is 1. The predicted octanol–water partition coefficient (Wildman–Crippen LogP) is 3.14. The van der Waals surface area contributed by atoms with E-state index in [1.807, 2.05) is 32.0 Å². The molecular weight excluding hydrogens is 211 g/mol. The number of hydrogen-bond acceptors (Lipinski definition) is 2. The summed E-state index contributed by atoms with van der Waals surface area (Å²) < 4.78 is 16.7. The van der Waals surface area contributed by atoms with Crippen LogP contribution in [0.5, 0.6) is 5.75 Å². The van der Waals surface area contributed by atoms with Crippen LogP contribution < -0.4 is 4.52 Å². The van der Waals surface area contributed by atoms with Gasteiger partial charge in [0.05, 0.1) is 6.16 Å². The predicted molar refractivity (Wildman–Crippen MR) is 61.6 cm³/mol. The molecule has 0 aliphatic rings. The average molecular weight is 228 g/mol. The number of aryl methyl sites for hydroxylation is 2. The van der Waals surface area contributed by atoms with Crippen LogP contribution >= 0.6 is 7.60 Å². The largest absolute Gasteiger partial charge is 0.424 e. The van der Waals surface area contributed by atoms with Crippen LogP contribution in [-0.4, -0.2) is 11.1 Å². The third kappa shape index (κ3) is 3.08. The summed E-state index contributed by atoms with van der Waals surface area (Å²) >= 11 is 0. The summed E-state index contributed by atoms with van der Waals surface area (Å²) in [5.74, 6) is 0.563. The maximum atomic E-state index is 11.5. The van der Waals surface area contributed by atoms with Gasteiger partial charge in [0, 0.05) is 0 Å². The number of para-hydroxylation sites is 1. The Morgan fingerprint density at radius 1 is 1.40 bits per heavy atom. The lowest BCUT2D eigenvalue weighted by Crippen LogP contribution is -1.99. The Balaban J connectivity index is 3.08. The van der Waals surface area contributed by atoms with Crippen LogP contribution in [0.3, 0.4) is 0 Å². The number of hydrogen-bond donors (Lipinski definition) is 1. The molecular formula is C11H17O3P. The molecule has 1 N–H and O–H groups in total. The lowest BCUT2D eigenvalue weighted by atomic mass is 10.1. The van der Waals surface area contributed by atoms with Gasteiger partial charge in [-0.2, -0.15) is 0 Å². The molecule has 0 amide bonds. The van der Waals surface area contributed by atoms with Gasteiger partial charge in [-0.25, -0.2) is 4.57 Å². The fraction of sp³-hybridized carbons (Fsp3) is 0.455. The highest BCUT2D eigenvalue weighted by molar-refractivity contribution is 7.53. The highest BCUT2D eigenvalue weighted by Gasteiger charge is 2.20. The van der Waals surface area contributed by atoms with Crippen LogP contribution in [0.15, 0.2) is 18.2 Å². The van der Waals surface area contributed by atoms with Crippen LogP contribution in [0.1, 0.15) is 25.0 Å². The quantitative estimate of drug-likeness (QED) is 0.805. The van der Waals surface area contributed by atoms with E-state index in [1.54, 1.807) is 6.92 Å². The molecule has 15 heavy (non-hydrogen) atoms. The maximum Gasteiger partial charge on any atom is 0.376 e. The second-order valence-electron chi connectivity index (χ2n) is 3.46. The molecule has 84 valence electrons. The van der Waals surface area contributed by atoms with Crippen molar-refractivity contribution in [2.75, 3.05) is 6.16 Å². The summed E-state index contributed by atoms with van der Waals surface area (Å²) in [4.78, 5) is 9.45. The molecule has 0 aliphatic carbocycles. The Morgan fingerprint density at radius 3 is 2.60 bits per heavy atom. The highest BCUT2D eigenvalue weighted by Crippen LogP contribution is 2.44. The van der Waals surface area contributed by atoms with Gasteiger partial charge in [-0.3, -0.25) is 0 Å². The lowest BCUT2D eigenvalue weighted by molar-refractivity contribution is 0.378. The van der Waals surface area contributed by atoms with Crippen molar-refractivity contribution >= 4 is 7.60 Å². The Labute approximate surface area is 90.6 Å². The zero-order valence-electron chi connectivity index (χ0n) is 9.36. The minimum absolute atomic E-state index is 0.129. The SMILES string of the molecule is CCc1cccc(C)c1OP(=O)(O)CC. The zero-order valence-corrected chi connectivity index (χ0v) is 10.3. The van der Waals surface area contributed by atoms with Crippen molar-refractivity contribution in [3.05, 3.63) is 29.3 Å². The molecule has 1 rings (SSSR count). The van der Waals surface area contributed by atoms with Gasteiger partial charge in [0.15, 0.2) is 0 Å². The van der Waals surface area contributed by atoms with Gasteiger partial charge in [-0.05, 0) is 24.5 Å². The fourth-order valence-corrected chi connectivity index (χ4v) is 2.01. The first-order valence-electron chi connectivity index (χ1n) is 5.10. The molecule has 1 atom stereocenters. The summed E-state index contributed by atoms with van der Waals surface area (Å²) in [5, 5.41) is 0. The van der Waals surface area contributed by atoms with Gasteiger partial charge in [-0.1, -0.05) is 32.0 Å². The standard InChI is InChI=1S/C11H17O3P/c1-4-10-8-6-7-9(3)11(10)14-15(12,13)5-2/h6-8H,4-5H2,1-3H3,(H,12,13). The molecule has 0 radical (unpaired) electrons. The van der Waals surface area contributed by atoms with E-state index >= 15 is 0 Å². The third-order valence-corrected chi connectivity index (χ3v) is 3.57. The molecule has 0 aliphatic heterocycles. The molecule has 4 heteroatoms. The molecule has 1 unspecified atom stereocenters. The van der Waals surface area contributed by atoms with Gasteiger partial charge in [-0.15, -0.1) is 0 Å². The van der Waals surface area contributed by atoms with E-state index in [1.165, 1.54) is 0 Å². The van der Waals surface area contributed by atoms with E-state index in [4.69, 9.17) is 4.52 Å². The topological polar surface area (TPSA) is 46.5 Å². The van der Waals surface area contributed by atoms with Gasteiger partial charge in [0.25, 0.3) is 0 Å². The van der Waals surface area contributed by atoms with Crippen LogP contribution in [0, 0.1) is 6.92 Å². The van der Waals surface area contributed by atoms with Gasteiger partial charge < -0.3 is 9.42 Å². The summed E-state index contributed by atoms with van der Waals surface area (Å²) in [6.07, 6.45) is 0.922. The normalized spacial score (nSPS) is 14.7. The lowest BCUT2D eigenvalue weighted by Gasteiger charge is -2.16. The fourth-order valence-electron chi connectivity index (χ4n) is 1.33. The number of rotatable bonds is 4. The third-order valence-electron chi connectivity index (χ3n) is 2.31. The second kappa shape index (κ2) is 4.82. The molecule has 0 spiro atoms. The van der Waals surface area contributed by atoms with Gasteiger partial charge in [0.2, 0.25) is 0 Å². The van der Waals surface area contributed by atoms with Crippen molar-refractivity contribution in [2.24, 2.45) is 0 Å². The van der Waals surface area contributed by atoms with E-state index in [0.29, 0.717) is 5.75 Å². The molecule has 0 saturated heterocycles. The van der Waals surface area contributed by atoms with E-state index < -0.39 is 7.60 Å². The zero-order chi connectivity index (χ0) is 11.5. The van der Waals surface area contributed by atoms with Crippen molar-refractivity contribution in [1.82, 2.24) is 0 Å². The van der Waals surface area contributed by atoms with Crippen molar-refractivity contribution in [1.29, 1.82) is 0 Å². The molecule has 3 nitrogen and oxygen atoms in total. The minimum Gasteiger partial charge on any atom is -0.424 e. The minimum atomic E-state index is -3.46. The summed E-state index contributed by atoms with van der Waals surface area (Å²) in [6.45, 7) is 5.52. The van der Waals surface area contributed by atoms with Crippen molar-refractivity contribution < 1.29 is 14.0 Å². The van der Waals surface area contributed by atoms with Crippen LogP contribution in [-0.2, 0) is 11.0 Å². The summed E-state index contributed by atoms with van der Waals surface area (Å²) in [7, 11) is -3.46. The summed E-state index contributed by atoms with van der Waals surface area (Å²) in [5.41, 5.74) is 1.87. The Bertz CT molecular complexity index is 387. The first kappa shape index (κ1) is 12.3. The summed E-state index contributed by atoms with van der Waals surface area (Å²) in [6, 6.07) is 5.72. The second-order valence-corrected chi connectivity index (χ2v) is 5.55. The van der Waals surface area contributed by atoms with Crippen LogP contribution in [0.2, 0.25) is 0 Å². The molecule has 1 aromatic carbocycles. The first-order chi connectivity index (χ1) is 7.00. The van der Waals surface area contributed by atoms with E-state index in [9.17, 15) is 9.46 Å². The Morgan fingerprint density at radius 2 is 2.07 bits per heavy atom. The molecule has 0 saturated carbocycles. The molecule has 1 aromatic rings. The van der Waals surface area contributed by atoms with Crippen LogP contribution in [0.25, 0.3) is 0 Å². The van der Waals surface area contributed by atoms with Crippen molar-refractivity contribution in [3.8, 4) is 5.75 Å². The van der Waals surface area contributed by atoms with Gasteiger partial charge in [0.1, 0.15) is 5.75 Å². The Kier molecular flexibility index (Phi) is 3.95. The van der Waals surface area contributed by atoms with Crippen molar-refractivity contribution in [3.63, 3.8) is 0 Å². The monoisotopic (exact) mass is 228 g/mol. The molecule has 0 aromatic heterocycles. The average Bonchev–Trinajstić information content (AvgIpc) is 2.21. The first-order valence-corrected chi connectivity index (χ1v) is 6.86. The Hall–Kier alpha value is -0.790. The van der Waals surface area contributed by atoms with Crippen molar-refractivity contribution in [2.45, 2.75) is 27.2 Å². The smallest absolute Gasteiger partial charge is 0.376 e. The maximum absolute atomic E-state index is 11.5. The molecule has 0 bridgehead atoms. The highest BCUT2D eigenvalue weighted by atomic mass is 31.2. The molecule has 0 fully saturated rings.